The fourth-order valence-corrected chi connectivity index (χ4v) is 2.94. The van der Waals surface area contributed by atoms with Gasteiger partial charge in [-0.3, -0.25) is 0 Å². The van der Waals surface area contributed by atoms with E-state index in [0.29, 0.717) is 5.56 Å². The average molecular weight is 253 g/mol. The third-order valence-electron chi connectivity index (χ3n) is 3.89. The summed E-state index contributed by atoms with van der Waals surface area (Å²) in [6.45, 7) is 0. The third-order valence-corrected chi connectivity index (χ3v) is 3.89. The predicted octanol–water partition coefficient (Wildman–Crippen LogP) is 2.25. The Kier molecular flexibility index (Phi) is 2.98. The van der Waals surface area contributed by atoms with E-state index in [1.54, 1.807) is 0 Å². The average Bonchev–Trinajstić information content (AvgIpc) is 2.84. The SMILES string of the molecule is N#CCC(O)C(O)c1ccc2c3c(cccc13)CC2. The van der Waals surface area contributed by atoms with Crippen LogP contribution >= 0.6 is 0 Å². The van der Waals surface area contributed by atoms with E-state index in [-0.39, 0.29) is 6.42 Å². The minimum atomic E-state index is -1.04. The first-order valence-corrected chi connectivity index (χ1v) is 6.49. The molecule has 1 aliphatic carbocycles. The zero-order chi connectivity index (χ0) is 13.4. The lowest BCUT2D eigenvalue weighted by Crippen LogP contribution is -2.17. The standard InChI is InChI=1S/C16H15NO2/c17-9-8-14(18)16(19)13-7-6-11-5-4-10-2-1-3-12(13)15(10)11/h1-3,6-7,14,16,18-19H,4-5,8H2. The van der Waals surface area contributed by atoms with Crippen molar-refractivity contribution in [2.75, 3.05) is 0 Å². The van der Waals surface area contributed by atoms with Gasteiger partial charge in [0.05, 0.1) is 18.6 Å². The number of aliphatic hydroxyl groups excluding tert-OH is 2. The molecule has 3 heteroatoms. The molecule has 3 nitrogen and oxygen atoms in total. The van der Waals surface area contributed by atoms with E-state index >= 15 is 0 Å². The molecule has 2 aromatic rings. The smallest absolute Gasteiger partial charge is 0.106 e. The Balaban J connectivity index is 2.14. The molecule has 2 N–H and O–H groups in total. The zero-order valence-corrected chi connectivity index (χ0v) is 10.5. The van der Waals surface area contributed by atoms with E-state index < -0.39 is 12.2 Å². The molecule has 0 saturated carbocycles. The van der Waals surface area contributed by atoms with Crippen LogP contribution < -0.4 is 0 Å². The van der Waals surface area contributed by atoms with Crippen LogP contribution in [-0.4, -0.2) is 16.3 Å². The summed E-state index contributed by atoms with van der Waals surface area (Å²) in [6, 6.07) is 11.9. The molecule has 0 amide bonds. The van der Waals surface area contributed by atoms with E-state index in [0.717, 1.165) is 18.2 Å². The third kappa shape index (κ3) is 1.90. The van der Waals surface area contributed by atoms with Crippen LogP contribution in [0.3, 0.4) is 0 Å². The molecule has 0 spiro atoms. The van der Waals surface area contributed by atoms with Crippen molar-refractivity contribution in [3.63, 3.8) is 0 Å². The van der Waals surface area contributed by atoms with E-state index in [1.807, 2.05) is 30.3 Å². The molecular weight excluding hydrogens is 238 g/mol. The van der Waals surface area contributed by atoms with E-state index in [2.05, 4.69) is 6.07 Å². The normalized spacial score (nSPS) is 16.3. The lowest BCUT2D eigenvalue weighted by Gasteiger charge is -2.18. The molecule has 19 heavy (non-hydrogen) atoms. The molecule has 0 saturated heterocycles. The summed E-state index contributed by atoms with van der Waals surface area (Å²) in [4.78, 5) is 0. The van der Waals surface area contributed by atoms with Crippen molar-refractivity contribution in [2.45, 2.75) is 31.5 Å². The molecule has 0 bridgehead atoms. The highest BCUT2D eigenvalue weighted by atomic mass is 16.3. The summed E-state index contributed by atoms with van der Waals surface area (Å²) in [6.07, 6.45) is -0.0441. The number of aliphatic hydroxyl groups is 2. The van der Waals surface area contributed by atoms with Crippen molar-refractivity contribution in [3.8, 4) is 6.07 Å². The summed E-state index contributed by atoms with van der Waals surface area (Å²) >= 11 is 0. The van der Waals surface area contributed by atoms with Gasteiger partial charge >= 0.3 is 0 Å². The van der Waals surface area contributed by atoms with Gasteiger partial charge in [-0.15, -0.1) is 0 Å². The summed E-state index contributed by atoms with van der Waals surface area (Å²) in [5, 5.41) is 30.9. The minimum Gasteiger partial charge on any atom is -0.389 e. The number of nitriles is 1. The van der Waals surface area contributed by atoms with Crippen LogP contribution in [0.25, 0.3) is 10.8 Å². The van der Waals surface area contributed by atoms with Crippen LogP contribution in [0.4, 0.5) is 0 Å². The Labute approximate surface area is 111 Å². The molecule has 1 aliphatic rings. The largest absolute Gasteiger partial charge is 0.389 e. The molecule has 96 valence electrons. The number of rotatable bonds is 3. The molecule has 0 aromatic heterocycles. The van der Waals surface area contributed by atoms with Gasteiger partial charge in [-0.1, -0.05) is 30.3 Å². The summed E-state index contributed by atoms with van der Waals surface area (Å²) < 4.78 is 0. The lowest BCUT2D eigenvalue weighted by atomic mass is 9.94. The van der Waals surface area contributed by atoms with Crippen LogP contribution in [0.1, 0.15) is 29.2 Å². The van der Waals surface area contributed by atoms with Gasteiger partial charge < -0.3 is 10.2 Å². The number of hydrogen-bond acceptors (Lipinski definition) is 3. The Bertz CT molecular complexity index is 662. The van der Waals surface area contributed by atoms with E-state index in [4.69, 9.17) is 5.26 Å². The minimum absolute atomic E-state index is 0.0654. The molecule has 0 aliphatic heterocycles. The number of benzene rings is 2. The van der Waals surface area contributed by atoms with Crippen molar-refractivity contribution < 1.29 is 10.2 Å². The van der Waals surface area contributed by atoms with Crippen molar-refractivity contribution >= 4 is 10.8 Å². The van der Waals surface area contributed by atoms with Crippen molar-refractivity contribution in [2.24, 2.45) is 0 Å². The molecule has 2 aromatic carbocycles. The Morgan fingerprint density at radius 2 is 1.84 bits per heavy atom. The van der Waals surface area contributed by atoms with Crippen molar-refractivity contribution in [1.82, 2.24) is 0 Å². The summed E-state index contributed by atoms with van der Waals surface area (Å²) in [5.74, 6) is 0. The fourth-order valence-electron chi connectivity index (χ4n) is 2.94. The van der Waals surface area contributed by atoms with Gasteiger partial charge in [-0.05, 0) is 40.3 Å². The van der Waals surface area contributed by atoms with Gasteiger partial charge in [0.25, 0.3) is 0 Å². The predicted molar refractivity (Wildman–Crippen MR) is 72.6 cm³/mol. The molecule has 2 unspecified atom stereocenters. The fraction of sp³-hybridized carbons (Fsp3) is 0.312. The van der Waals surface area contributed by atoms with Crippen LogP contribution in [-0.2, 0) is 12.8 Å². The highest BCUT2D eigenvalue weighted by molar-refractivity contribution is 5.93. The summed E-state index contributed by atoms with van der Waals surface area (Å²) in [5.41, 5.74) is 3.32. The molecule has 0 heterocycles. The lowest BCUT2D eigenvalue weighted by molar-refractivity contribution is 0.0225. The maximum atomic E-state index is 10.2. The van der Waals surface area contributed by atoms with Gasteiger partial charge in [0.1, 0.15) is 6.10 Å². The molecule has 3 rings (SSSR count). The molecular formula is C16H15NO2. The van der Waals surface area contributed by atoms with Gasteiger partial charge in [0, 0.05) is 0 Å². The van der Waals surface area contributed by atoms with Gasteiger partial charge in [-0.2, -0.15) is 5.26 Å². The Morgan fingerprint density at radius 3 is 2.58 bits per heavy atom. The second-order valence-corrected chi connectivity index (χ2v) is 5.03. The van der Waals surface area contributed by atoms with Crippen molar-refractivity contribution in [1.29, 1.82) is 5.26 Å². The first kappa shape index (κ1) is 12.2. The Hall–Kier alpha value is -1.89. The number of hydrogen-bond donors (Lipinski definition) is 2. The zero-order valence-electron chi connectivity index (χ0n) is 10.5. The van der Waals surface area contributed by atoms with Crippen LogP contribution in [0.5, 0.6) is 0 Å². The first-order chi connectivity index (χ1) is 9.22. The van der Waals surface area contributed by atoms with Gasteiger partial charge in [0.2, 0.25) is 0 Å². The first-order valence-electron chi connectivity index (χ1n) is 6.49. The van der Waals surface area contributed by atoms with Crippen molar-refractivity contribution in [3.05, 3.63) is 47.0 Å². The second kappa shape index (κ2) is 4.65. The maximum Gasteiger partial charge on any atom is 0.106 e. The topological polar surface area (TPSA) is 64.2 Å². The van der Waals surface area contributed by atoms with Gasteiger partial charge in [-0.25, -0.2) is 0 Å². The van der Waals surface area contributed by atoms with Gasteiger partial charge in [0.15, 0.2) is 0 Å². The van der Waals surface area contributed by atoms with E-state index in [1.165, 1.54) is 16.5 Å². The Morgan fingerprint density at radius 1 is 1.11 bits per heavy atom. The van der Waals surface area contributed by atoms with E-state index in [9.17, 15) is 10.2 Å². The maximum absolute atomic E-state index is 10.2. The second-order valence-electron chi connectivity index (χ2n) is 5.03. The van der Waals surface area contributed by atoms with Crippen LogP contribution in [0.15, 0.2) is 30.3 Å². The number of aryl methyl sites for hydroxylation is 2. The highest BCUT2D eigenvalue weighted by Crippen LogP contribution is 2.35. The number of nitrogens with zero attached hydrogens (tertiary/aromatic N) is 1. The monoisotopic (exact) mass is 253 g/mol. The molecule has 2 atom stereocenters. The van der Waals surface area contributed by atoms with Crippen LogP contribution in [0.2, 0.25) is 0 Å². The summed E-state index contributed by atoms with van der Waals surface area (Å²) in [7, 11) is 0. The van der Waals surface area contributed by atoms with Crippen LogP contribution in [0, 0.1) is 11.3 Å². The quantitative estimate of drug-likeness (QED) is 0.881. The molecule has 0 radical (unpaired) electrons. The highest BCUT2D eigenvalue weighted by Gasteiger charge is 2.23. The molecule has 0 fully saturated rings.